The minimum atomic E-state index is -3.94. The van der Waals surface area contributed by atoms with E-state index in [1.807, 2.05) is 0 Å². The molecule has 0 spiro atoms. The third-order valence-corrected chi connectivity index (χ3v) is 9.29. The van der Waals surface area contributed by atoms with E-state index in [2.05, 4.69) is 4.72 Å². The van der Waals surface area contributed by atoms with Crippen LogP contribution in [0.4, 0.5) is 0 Å². The number of Topliss-reactive ketones (excluding diaryl/α,β-unsaturated/α-hetero) is 1. The number of sulfonamides is 1. The Labute approximate surface area is 179 Å². The number of rotatable bonds is 8. The molecule has 5 rings (SSSR count). The summed E-state index contributed by atoms with van der Waals surface area (Å²) in [5, 5.41) is 0. The molecule has 0 unspecified atom stereocenters. The van der Waals surface area contributed by atoms with Crippen molar-refractivity contribution in [2.45, 2.75) is 62.8 Å². The van der Waals surface area contributed by atoms with Crippen molar-refractivity contribution < 1.29 is 22.7 Å². The molecular formula is C23H33NO5S. The van der Waals surface area contributed by atoms with Crippen LogP contribution in [0.5, 0.6) is 11.5 Å². The molecule has 0 saturated heterocycles. The Hall–Kier alpha value is -1.60. The first-order chi connectivity index (χ1) is 14.1. The molecule has 166 valence electrons. The van der Waals surface area contributed by atoms with Gasteiger partial charge < -0.3 is 9.47 Å². The Morgan fingerprint density at radius 2 is 1.63 bits per heavy atom. The maximum Gasteiger partial charge on any atom is 0.245 e. The van der Waals surface area contributed by atoms with Crippen LogP contribution in [-0.2, 0) is 14.8 Å². The van der Waals surface area contributed by atoms with Crippen LogP contribution in [0, 0.1) is 29.6 Å². The van der Waals surface area contributed by atoms with Gasteiger partial charge in [0, 0.05) is 12.5 Å². The fourth-order valence-electron chi connectivity index (χ4n) is 6.29. The SMILES string of the molecule is COc1ccc(S(=O)(=O)NC(C)(C)C(=O)CC2C3CC4CC(C3)CC2C4)c(OC)c1. The Balaban J connectivity index is 1.49. The second kappa shape index (κ2) is 7.83. The lowest BCUT2D eigenvalue weighted by Gasteiger charge is -2.54. The Morgan fingerprint density at radius 3 is 2.17 bits per heavy atom. The summed E-state index contributed by atoms with van der Waals surface area (Å²) in [7, 11) is -1.02. The highest BCUT2D eigenvalue weighted by Gasteiger charge is 2.49. The predicted molar refractivity (Wildman–Crippen MR) is 114 cm³/mol. The predicted octanol–water partition coefficient (Wildman–Crippen LogP) is 3.79. The van der Waals surface area contributed by atoms with Gasteiger partial charge in [-0.15, -0.1) is 0 Å². The molecule has 0 radical (unpaired) electrons. The maximum absolute atomic E-state index is 13.2. The van der Waals surface area contributed by atoms with Crippen LogP contribution < -0.4 is 14.2 Å². The van der Waals surface area contributed by atoms with E-state index in [1.54, 1.807) is 19.9 Å². The van der Waals surface area contributed by atoms with Gasteiger partial charge in [-0.1, -0.05) is 0 Å². The normalized spacial score (nSPS) is 30.3. The summed E-state index contributed by atoms with van der Waals surface area (Å²) in [6, 6.07) is 4.54. The molecule has 4 saturated carbocycles. The molecule has 0 amide bonds. The summed E-state index contributed by atoms with van der Waals surface area (Å²) >= 11 is 0. The van der Waals surface area contributed by atoms with E-state index in [-0.39, 0.29) is 16.4 Å². The number of carbonyl (C=O) groups excluding carboxylic acids is 1. The fraction of sp³-hybridized carbons (Fsp3) is 0.696. The minimum Gasteiger partial charge on any atom is -0.497 e. The largest absolute Gasteiger partial charge is 0.497 e. The molecule has 0 atom stereocenters. The maximum atomic E-state index is 13.2. The molecule has 4 fully saturated rings. The summed E-state index contributed by atoms with van der Waals surface area (Å²) in [4.78, 5) is 13.2. The van der Waals surface area contributed by atoms with Gasteiger partial charge in [-0.25, -0.2) is 8.42 Å². The van der Waals surface area contributed by atoms with E-state index in [9.17, 15) is 13.2 Å². The third-order valence-electron chi connectivity index (χ3n) is 7.59. The number of hydrogen-bond acceptors (Lipinski definition) is 5. The summed E-state index contributed by atoms with van der Waals surface area (Å²) in [5.41, 5.74) is -1.18. The lowest BCUT2D eigenvalue weighted by Crippen LogP contribution is -2.52. The molecule has 7 heteroatoms. The molecule has 1 N–H and O–H groups in total. The average Bonchev–Trinajstić information content (AvgIpc) is 2.68. The van der Waals surface area contributed by atoms with Gasteiger partial charge in [0.1, 0.15) is 16.4 Å². The number of benzene rings is 1. The van der Waals surface area contributed by atoms with Crippen LogP contribution in [0.2, 0.25) is 0 Å². The average molecular weight is 436 g/mol. The van der Waals surface area contributed by atoms with E-state index in [0.717, 1.165) is 11.8 Å². The second-order valence-corrected chi connectivity index (χ2v) is 11.6. The van der Waals surface area contributed by atoms with Gasteiger partial charge in [0.15, 0.2) is 5.78 Å². The quantitative estimate of drug-likeness (QED) is 0.672. The van der Waals surface area contributed by atoms with E-state index in [0.29, 0.717) is 29.9 Å². The molecule has 0 heterocycles. The van der Waals surface area contributed by atoms with Gasteiger partial charge in [-0.05, 0) is 87.7 Å². The van der Waals surface area contributed by atoms with Crippen LogP contribution >= 0.6 is 0 Å². The molecule has 4 bridgehead atoms. The smallest absolute Gasteiger partial charge is 0.245 e. The molecule has 1 aromatic rings. The first kappa shape index (κ1) is 21.6. The molecule has 4 aliphatic carbocycles. The van der Waals surface area contributed by atoms with Crippen molar-refractivity contribution >= 4 is 15.8 Å². The lowest BCUT2D eigenvalue weighted by molar-refractivity contribution is -0.128. The monoisotopic (exact) mass is 435 g/mol. The van der Waals surface area contributed by atoms with E-state index >= 15 is 0 Å². The number of carbonyl (C=O) groups is 1. The van der Waals surface area contributed by atoms with Crippen molar-refractivity contribution in [3.05, 3.63) is 18.2 Å². The minimum absolute atomic E-state index is 0.00120. The zero-order chi connectivity index (χ0) is 21.7. The Kier molecular flexibility index (Phi) is 5.64. The second-order valence-electron chi connectivity index (χ2n) is 9.97. The van der Waals surface area contributed by atoms with E-state index in [1.165, 1.54) is 58.5 Å². The Morgan fingerprint density at radius 1 is 1.03 bits per heavy atom. The van der Waals surface area contributed by atoms with Crippen molar-refractivity contribution in [2.24, 2.45) is 29.6 Å². The van der Waals surface area contributed by atoms with Crippen molar-refractivity contribution in [2.75, 3.05) is 14.2 Å². The highest BCUT2D eigenvalue weighted by Crippen LogP contribution is 2.57. The summed E-state index contributed by atoms with van der Waals surface area (Å²) in [6.07, 6.45) is 6.84. The highest BCUT2D eigenvalue weighted by molar-refractivity contribution is 7.89. The third kappa shape index (κ3) is 3.98. The van der Waals surface area contributed by atoms with Crippen LogP contribution in [0.15, 0.2) is 23.1 Å². The molecule has 6 nitrogen and oxygen atoms in total. The summed E-state index contributed by atoms with van der Waals surface area (Å²) < 4.78 is 39.2. The van der Waals surface area contributed by atoms with Crippen molar-refractivity contribution in [1.29, 1.82) is 0 Å². The van der Waals surface area contributed by atoms with Gasteiger partial charge >= 0.3 is 0 Å². The zero-order valence-electron chi connectivity index (χ0n) is 18.3. The molecule has 0 aliphatic heterocycles. The lowest BCUT2D eigenvalue weighted by atomic mass is 9.51. The first-order valence-electron chi connectivity index (χ1n) is 10.9. The van der Waals surface area contributed by atoms with Crippen LogP contribution in [-0.4, -0.2) is 34.0 Å². The molecule has 1 aromatic carbocycles. The molecular weight excluding hydrogens is 402 g/mol. The number of nitrogens with one attached hydrogen (secondary N) is 1. The first-order valence-corrected chi connectivity index (χ1v) is 12.4. The molecule has 4 aliphatic rings. The highest BCUT2D eigenvalue weighted by atomic mass is 32.2. The zero-order valence-corrected chi connectivity index (χ0v) is 19.1. The van der Waals surface area contributed by atoms with Gasteiger partial charge in [0.25, 0.3) is 0 Å². The van der Waals surface area contributed by atoms with Gasteiger partial charge in [-0.2, -0.15) is 4.72 Å². The topological polar surface area (TPSA) is 81.7 Å². The van der Waals surface area contributed by atoms with Gasteiger partial charge in [-0.3, -0.25) is 4.79 Å². The fourth-order valence-corrected chi connectivity index (χ4v) is 7.84. The molecule has 0 aromatic heterocycles. The standard InChI is InChI=1S/C23H33NO5S/c1-23(2,24-30(26,27)21-6-5-18(28-3)12-20(21)29-4)22(25)13-19-16-8-14-7-15(10-16)11-17(19)9-14/h5-6,12,14-17,19,24H,7-11,13H2,1-4H3. The van der Waals surface area contributed by atoms with Gasteiger partial charge in [0.2, 0.25) is 10.0 Å². The number of hydrogen-bond donors (Lipinski definition) is 1. The van der Waals surface area contributed by atoms with E-state index in [4.69, 9.17) is 9.47 Å². The molecule has 30 heavy (non-hydrogen) atoms. The van der Waals surface area contributed by atoms with Crippen molar-refractivity contribution in [3.63, 3.8) is 0 Å². The van der Waals surface area contributed by atoms with Gasteiger partial charge in [0.05, 0.1) is 19.8 Å². The summed E-state index contributed by atoms with van der Waals surface area (Å²) in [6.45, 7) is 3.33. The van der Waals surface area contributed by atoms with Crippen LogP contribution in [0.25, 0.3) is 0 Å². The number of ketones is 1. The van der Waals surface area contributed by atoms with E-state index < -0.39 is 15.6 Å². The van der Waals surface area contributed by atoms with Crippen LogP contribution in [0.3, 0.4) is 0 Å². The van der Waals surface area contributed by atoms with Crippen molar-refractivity contribution in [3.8, 4) is 11.5 Å². The Bertz CT molecular complexity index is 896. The van der Waals surface area contributed by atoms with Crippen LogP contribution in [0.1, 0.15) is 52.4 Å². The number of ether oxygens (including phenoxy) is 2. The summed E-state index contributed by atoms with van der Waals surface area (Å²) in [5.74, 6) is 4.05. The number of methoxy groups -OCH3 is 2. The van der Waals surface area contributed by atoms with Crippen molar-refractivity contribution in [1.82, 2.24) is 4.72 Å².